The Labute approximate surface area is 132 Å². The summed E-state index contributed by atoms with van der Waals surface area (Å²) in [4.78, 5) is 16.6. The maximum atomic E-state index is 12.2. The number of carbonyl (C=O) groups is 1. The topological polar surface area (TPSA) is 82.9 Å². The van der Waals surface area contributed by atoms with Crippen molar-refractivity contribution in [3.8, 4) is 10.6 Å². The summed E-state index contributed by atoms with van der Waals surface area (Å²) >= 11 is 1.42. The van der Waals surface area contributed by atoms with Crippen LogP contribution in [0.15, 0.2) is 17.8 Å². The van der Waals surface area contributed by atoms with Gasteiger partial charge in [-0.3, -0.25) is 9.89 Å². The molecule has 0 spiro atoms. The van der Waals surface area contributed by atoms with Crippen LogP contribution in [0.1, 0.15) is 17.4 Å². The van der Waals surface area contributed by atoms with Gasteiger partial charge in [0.25, 0.3) is 5.91 Å². The molecule has 3 rings (SSSR count). The lowest BCUT2D eigenvalue weighted by molar-refractivity contribution is -0.561. The number of morpholine rings is 1. The van der Waals surface area contributed by atoms with Gasteiger partial charge in [-0.2, -0.15) is 5.10 Å². The summed E-state index contributed by atoms with van der Waals surface area (Å²) in [6.45, 7) is 8.45. The zero-order valence-corrected chi connectivity index (χ0v) is 13.2. The van der Waals surface area contributed by atoms with E-state index in [1.807, 2.05) is 11.5 Å². The summed E-state index contributed by atoms with van der Waals surface area (Å²) in [5, 5.41) is 12.0. The minimum atomic E-state index is -0.418. The maximum Gasteiger partial charge on any atom is 0.270 e. The largest absolute Gasteiger partial charge is 0.360 e. The molecule has 0 aromatic carbocycles. The van der Waals surface area contributed by atoms with Crippen LogP contribution in [0.25, 0.3) is 10.6 Å². The van der Waals surface area contributed by atoms with Gasteiger partial charge in [0.2, 0.25) is 0 Å². The summed E-state index contributed by atoms with van der Waals surface area (Å²) in [6, 6.07) is 0. The molecule has 1 atom stereocenters. The van der Waals surface area contributed by atoms with Crippen LogP contribution in [0.2, 0.25) is 0 Å². The number of carbonyl (C=O) groups excluding carboxylic acids is 1. The van der Waals surface area contributed by atoms with E-state index >= 15 is 0 Å². The quantitative estimate of drug-likeness (QED) is 0.815. The second kappa shape index (κ2) is 5.98. The van der Waals surface area contributed by atoms with Crippen molar-refractivity contribution in [1.82, 2.24) is 20.5 Å². The van der Waals surface area contributed by atoms with Crippen molar-refractivity contribution >= 4 is 24.0 Å². The SMILES string of the molecule is C=[N+]1CCO[C@@](C)(CNC(=O)c2csc(-c3cn[nH]c3)n2)C1. The molecule has 2 aromatic rings. The minimum absolute atomic E-state index is 0.197. The number of aromatic amines is 1. The van der Waals surface area contributed by atoms with Crippen molar-refractivity contribution in [2.75, 3.05) is 26.2 Å². The molecule has 0 aliphatic carbocycles. The molecular weight excluding hydrogens is 302 g/mol. The average molecular weight is 320 g/mol. The van der Waals surface area contributed by atoms with Gasteiger partial charge in [-0.25, -0.2) is 9.56 Å². The molecule has 0 bridgehead atoms. The molecule has 116 valence electrons. The number of hydrogen-bond donors (Lipinski definition) is 2. The Bertz CT molecular complexity index is 681. The van der Waals surface area contributed by atoms with Gasteiger partial charge in [0.05, 0.1) is 12.7 Å². The molecule has 1 aliphatic rings. The maximum absolute atomic E-state index is 12.2. The second-order valence-electron chi connectivity index (χ2n) is 5.56. The van der Waals surface area contributed by atoms with E-state index in [-0.39, 0.29) is 5.91 Å². The number of aromatic nitrogens is 3. The molecule has 2 N–H and O–H groups in total. The monoisotopic (exact) mass is 320 g/mol. The van der Waals surface area contributed by atoms with Crippen LogP contribution >= 0.6 is 11.3 Å². The van der Waals surface area contributed by atoms with E-state index in [2.05, 4.69) is 27.2 Å². The highest BCUT2D eigenvalue weighted by atomic mass is 32.1. The van der Waals surface area contributed by atoms with E-state index < -0.39 is 5.60 Å². The number of H-pyrrole nitrogens is 1. The lowest BCUT2D eigenvalue weighted by atomic mass is 10.1. The Hall–Kier alpha value is -2.06. The Balaban J connectivity index is 1.61. The van der Waals surface area contributed by atoms with Crippen LogP contribution in [0.3, 0.4) is 0 Å². The molecular formula is C14H18N5O2S+. The van der Waals surface area contributed by atoms with Gasteiger partial charge in [0, 0.05) is 17.1 Å². The predicted octanol–water partition coefficient (Wildman–Crippen LogP) is 0.765. The summed E-state index contributed by atoms with van der Waals surface area (Å²) in [7, 11) is 0. The number of ether oxygens (including phenoxy) is 1. The second-order valence-corrected chi connectivity index (χ2v) is 6.42. The molecule has 7 nitrogen and oxygen atoms in total. The lowest BCUT2D eigenvalue weighted by Crippen LogP contribution is -2.52. The molecule has 1 aliphatic heterocycles. The van der Waals surface area contributed by atoms with E-state index in [9.17, 15) is 4.79 Å². The number of nitrogens with one attached hydrogen (secondary N) is 2. The van der Waals surface area contributed by atoms with Gasteiger partial charge in [-0.15, -0.1) is 11.3 Å². The fourth-order valence-electron chi connectivity index (χ4n) is 2.36. The third-order valence-electron chi connectivity index (χ3n) is 3.52. The molecule has 1 saturated heterocycles. The van der Waals surface area contributed by atoms with Gasteiger partial charge in [-0.05, 0) is 6.92 Å². The molecule has 0 radical (unpaired) electrons. The highest BCUT2D eigenvalue weighted by Crippen LogP contribution is 2.22. The molecule has 1 fully saturated rings. The molecule has 0 saturated carbocycles. The number of rotatable bonds is 4. The minimum Gasteiger partial charge on any atom is -0.360 e. The van der Waals surface area contributed by atoms with Crippen LogP contribution in [0.5, 0.6) is 0 Å². The van der Waals surface area contributed by atoms with E-state index in [1.54, 1.807) is 17.8 Å². The van der Waals surface area contributed by atoms with Crippen LogP contribution in [-0.4, -0.2) is 64.2 Å². The standard InChI is InChI=1S/C14H17N5O2S/c1-14(9-19(2)3-4-21-14)8-15-12(20)11-7-22-13(18-11)10-5-16-17-6-10/h5-7H,2-4,8-9H2,1H3,(H-,15,16,17,18,20)/p+1/t14-/m0/s1. The number of hydrogen-bond acceptors (Lipinski definition) is 5. The van der Waals surface area contributed by atoms with Gasteiger partial charge in [0.15, 0.2) is 13.1 Å². The van der Waals surface area contributed by atoms with Gasteiger partial charge in [-0.1, -0.05) is 0 Å². The fraction of sp³-hybridized carbons (Fsp3) is 0.429. The summed E-state index contributed by atoms with van der Waals surface area (Å²) in [5.74, 6) is -0.197. The first kappa shape index (κ1) is 14.9. The Morgan fingerprint density at radius 1 is 1.68 bits per heavy atom. The lowest BCUT2D eigenvalue weighted by Gasteiger charge is -2.31. The Kier molecular flexibility index (Phi) is 4.04. The highest BCUT2D eigenvalue weighted by Gasteiger charge is 2.34. The van der Waals surface area contributed by atoms with Crippen LogP contribution in [-0.2, 0) is 4.74 Å². The summed E-state index contributed by atoms with van der Waals surface area (Å²) < 4.78 is 7.71. The first-order valence-corrected chi connectivity index (χ1v) is 7.86. The van der Waals surface area contributed by atoms with Crippen molar-refractivity contribution in [2.24, 2.45) is 0 Å². The summed E-state index contributed by atoms with van der Waals surface area (Å²) in [6.07, 6.45) is 3.43. The zero-order valence-electron chi connectivity index (χ0n) is 12.3. The van der Waals surface area contributed by atoms with Crippen molar-refractivity contribution in [3.05, 3.63) is 23.5 Å². The molecule has 0 unspecified atom stereocenters. The third kappa shape index (κ3) is 3.23. The predicted molar refractivity (Wildman–Crippen MR) is 83.5 cm³/mol. The number of thiazole rings is 1. The van der Waals surface area contributed by atoms with Gasteiger partial charge < -0.3 is 10.1 Å². The van der Waals surface area contributed by atoms with Crippen molar-refractivity contribution in [2.45, 2.75) is 12.5 Å². The van der Waals surface area contributed by atoms with Crippen molar-refractivity contribution in [3.63, 3.8) is 0 Å². The molecule has 3 heterocycles. The molecule has 8 heteroatoms. The van der Waals surface area contributed by atoms with Crippen LogP contribution in [0.4, 0.5) is 0 Å². The zero-order chi connectivity index (χ0) is 15.6. The van der Waals surface area contributed by atoms with Crippen LogP contribution < -0.4 is 5.32 Å². The number of nitrogens with zero attached hydrogens (tertiary/aromatic N) is 3. The van der Waals surface area contributed by atoms with E-state index in [0.29, 0.717) is 25.4 Å². The Morgan fingerprint density at radius 2 is 2.55 bits per heavy atom. The van der Waals surface area contributed by atoms with E-state index in [0.717, 1.165) is 17.1 Å². The van der Waals surface area contributed by atoms with Crippen LogP contribution in [0, 0.1) is 0 Å². The normalized spacial score (nSPS) is 21.8. The van der Waals surface area contributed by atoms with Gasteiger partial charge in [0.1, 0.15) is 29.6 Å². The van der Waals surface area contributed by atoms with Crippen molar-refractivity contribution < 1.29 is 14.1 Å². The van der Waals surface area contributed by atoms with Gasteiger partial charge >= 0.3 is 0 Å². The fourth-order valence-corrected chi connectivity index (χ4v) is 3.14. The number of amides is 1. The smallest absolute Gasteiger partial charge is 0.270 e. The highest BCUT2D eigenvalue weighted by molar-refractivity contribution is 7.13. The molecule has 2 aromatic heterocycles. The molecule has 1 amide bonds. The summed E-state index contributed by atoms with van der Waals surface area (Å²) in [5.41, 5.74) is 0.866. The first-order valence-electron chi connectivity index (χ1n) is 6.98. The average Bonchev–Trinajstić information content (AvgIpc) is 3.15. The Morgan fingerprint density at radius 3 is 3.27 bits per heavy atom. The first-order chi connectivity index (χ1) is 10.6. The van der Waals surface area contributed by atoms with E-state index in [4.69, 9.17) is 4.74 Å². The van der Waals surface area contributed by atoms with Crippen molar-refractivity contribution in [1.29, 1.82) is 0 Å². The molecule has 22 heavy (non-hydrogen) atoms. The van der Waals surface area contributed by atoms with E-state index in [1.165, 1.54) is 11.3 Å². The third-order valence-corrected chi connectivity index (χ3v) is 4.41.